The molecule has 2 aliphatic rings. The lowest BCUT2D eigenvalue weighted by atomic mass is 10.2. The number of piperidine rings is 1. The molecule has 1 saturated heterocycles. The first kappa shape index (κ1) is 5.04. The summed E-state index contributed by atoms with van der Waals surface area (Å²) in [5, 5.41) is 0. The maximum Gasteiger partial charge on any atom is 0.0407 e. The lowest BCUT2D eigenvalue weighted by Gasteiger charge is -2.27. The van der Waals surface area contributed by atoms with E-state index in [0.717, 1.165) is 25.1 Å². The second-order valence-electron chi connectivity index (χ2n) is 4.10. The van der Waals surface area contributed by atoms with Crippen molar-refractivity contribution in [1.29, 1.82) is 0 Å². The van der Waals surface area contributed by atoms with Crippen molar-refractivity contribution in [3.8, 4) is 0 Å². The number of fused-ring (bicyclic) bond motifs is 1. The van der Waals surface area contributed by atoms with Crippen molar-refractivity contribution in [3.63, 3.8) is 0 Å². The fourth-order valence-electron chi connectivity index (χ4n) is 2.44. The average Bonchev–Trinajstić information content (AvgIpc) is 2.87. The summed E-state index contributed by atoms with van der Waals surface area (Å²) in [5.74, 6) is 0.375. The van der Waals surface area contributed by atoms with E-state index in [9.17, 15) is 0 Å². The molecule has 1 heterocycles. The van der Waals surface area contributed by atoms with Gasteiger partial charge in [-0.05, 0) is 37.7 Å². The van der Waals surface area contributed by atoms with Gasteiger partial charge in [0.2, 0.25) is 0 Å². The highest BCUT2D eigenvalue weighted by Crippen LogP contribution is 2.56. The van der Waals surface area contributed by atoms with Gasteiger partial charge in [-0.15, -0.1) is 0 Å². The molecule has 1 aromatic rings. The first-order chi connectivity index (χ1) is 7.56. The molecule has 1 saturated carbocycles. The summed E-state index contributed by atoms with van der Waals surface area (Å²) in [7, 11) is 0. The van der Waals surface area contributed by atoms with Crippen LogP contribution in [-0.4, -0.2) is 12.1 Å². The second kappa shape index (κ2) is 2.28. The molecule has 1 aliphatic heterocycles. The van der Waals surface area contributed by atoms with Gasteiger partial charge in [-0.25, -0.2) is 0 Å². The van der Waals surface area contributed by atoms with Crippen LogP contribution in [0.3, 0.4) is 0 Å². The monoisotopic (exact) mass is 176 g/mol. The van der Waals surface area contributed by atoms with Gasteiger partial charge in [-0.1, -0.05) is 18.2 Å². The second-order valence-corrected chi connectivity index (χ2v) is 4.10. The first-order valence-corrected chi connectivity index (χ1v) is 4.88. The molecule has 13 heavy (non-hydrogen) atoms. The Bertz CT molecular complexity index is 400. The zero-order valence-corrected chi connectivity index (χ0v) is 7.53. The third-order valence-electron chi connectivity index (χ3n) is 3.32. The minimum absolute atomic E-state index is 0.375. The van der Waals surface area contributed by atoms with Crippen molar-refractivity contribution in [3.05, 3.63) is 30.3 Å². The molecule has 0 aromatic heterocycles. The van der Waals surface area contributed by atoms with Gasteiger partial charge in [0.15, 0.2) is 0 Å². The average molecular weight is 176 g/mol. The lowest BCUT2D eigenvalue weighted by Crippen LogP contribution is -2.31. The molecule has 1 aliphatic carbocycles. The Morgan fingerprint density at radius 1 is 1.46 bits per heavy atom. The van der Waals surface area contributed by atoms with E-state index in [1.54, 1.807) is 0 Å². The van der Waals surface area contributed by atoms with Crippen LogP contribution in [0.1, 0.15) is 23.8 Å². The summed E-state index contributed by atoms with van der Waals surface area (Å²) in [5.41, 5.74) is 0.507. The van der Waals surface area contributed by atoms with Crippen LogP contribution in [-0.2, 0) is 0 Å². The quantitative estimate of drug-likeness (QED) is 0.636. The largest absolute Gasteiger partial charge is 0.366 e. The van der Waals surface area contributed by atoms with Crippen molar-refractivity contribution in [1.82, 2.24) is 0 Å². The molecular formula is C12H15N. The standard InChI is InChI=1S/C12H15N/c1-12-9-10(12)7-8-13(12)11-5-3-2-4-6-11/h2-6,10H,7-9H2,1H3/t10-,12+/m0/s1/i1D3. The van der Waals surface area contributed by atoms with Gasteiger partial charge in [0.05, 0.1) is 0 Å². The molecule has 0 N–H and O–H groups in total. The Hall–Kier alpha value is -0.980. The van der Waals surface area contributed by atoms with Crippen LogP contribution in [0.15, 0.2) is 30.3 Å². The van der Waals surface area contributed by atoms with Crippen LogP contribution in [0.25, 0.3) is 0 Å². The predicted molar refractivity (Wildman–Crippen MR) is 54.9 cm³/mol. The molecule has 2 fully saturated rings. The minimum atomic E-state index is -1.86. The smallest absolute Gasteiger partial charge is 0.0407 e. The highest BCUT2D eigenvalue weighted by molar-refractivity contribution is 5.53. The maximum absolute atomic E-state index is 7.74. The van der Waals surface area contributed by atoms with E-state index in [-0.39, 0.29) is 0 Å². The summed E-state index contributed by atoms with van der Waals surface area (Å²) >= 11 is 0. The van der Waals surface area contributed by atoms with Gasteiger partial charge < -0.3 is 4.90 Å². The molecule has 0 amide bonds. The van der Waals surface area contributed by atoms with E-state index in [2.05, 4.69) is 4.90 Å². The van der Waals surface area contributed by atoms with Gasteiger partial charge in [0.1, 0.15) is 0 Å². The van der Waals surface area contributed by atoms with Crippen LogP contribution in [0.4, 0.5) is 5.69 Å². The molecule has 1 aromatic carbocycles. The van der Waals surface area contributed by atoms with E-state index in [4.69, 9.17) is 4.11 Å². The topological polar surface area (TPSA) is 3.24 Å². The molecule has 1 heteroatoms. The first-order valence-electron chi connectivity index (χ1n) is 6.38. The van der Waals surface area contributed by atoms with Crippen LogP contribution < -0.4 is 4.90 Å². The number of para-hydroxylation sites is 1. The van der Waals surface area contributed by atoms with E-state index >= 15 is 0 Å². The van der Waals surface area contributed by atoms with Crippen molar-refractivity contribution in [2.45, 2.75) is 25.2 Å². The summed E-state index contributed by atoms with van der Waals surface area (Å²) in [4.78, 5) is 2.10. The van der Waals surface area contributed by atoms with E-state index in [1.807, 2.05) is 30.3 Å². The van der Waals surface area contributed by atoms with Crippen molar-refractivity contribution in [2.24, 2.45) is 5.92 Å². The fraction of sp³-hybridized carbons (Fsp3) is 0.500. The Morgan fingerprint density at radius 3 is 3.00 bits per heavy atom. The van der Waals surface area contributed by atoms with Gasteiger partial charge in [0, 0.05) is 21.9 Å². The SMILES string of the molecule is [2H]C([2H])([2H])[C@@]12C[C@@H]1CCN2c1ccccc1. The molecule has 3 rings (SSSR count). The Kier molecular flexibility index (Phi) is 0.884. The van der Waals surface area contributed by atoms with E-state index < -0.39 is 12.4 Å². The van der Waals surface area contributed by atoms with Crippen molar-refractivity contribution < 1.29 is 4.11 Å². The highest BCUT2D eigenvalue weighted by Gasteiger charge is 2.58. The van der Waals surface area contributed by atoms with Gasteiger partial charge in [-0.3, -0.25) is 0 Å². The number of nitrogens with zero attached hydrogens (tertiary/aromatic N) is 1. The predicted octanol–water partition coefficient (Wildman–Crippen LogP) is 2.68. The molecule has 68 valence electrons. The number of hydrogen-bond donors (Lipinski definition) is 0. The molecule has 0 spiro atoms. The number of hydrogen-bond acceptors (Lipinski definition) is 1. The summed E-state index contributed by atoms with van der Waals surface area (Å²) in [6, 6.07) is 9.92. The summed E-state index contributed by atoms with van der Waals surface area (Å²) < 4.78 is 23.2. The van der Waals surface area contributed by atoms with Crippen LogP contribution >= 0.6 is 0 Å². The molecule has 0 bridgehead atoms. The van der Waals surface area contributed by atoms with Gasteiger partial charge >= 0.3 is 0 Å². The molecule has 2 atom stereocenters. The molecule has 0 unspecified atom stereocenters. The van der Waals surface area contributed by atoms with E-state index in [0.29, 0.717) is 5.92 Å². The number of benzene rings is 1. The molecule has 1 nitrogen and oxygen atoms in total. The Morgan fingerprint density at radius 2 is 2.31 bits per heavy atom. The third-order valence-corrected chi connectivity index (χ3v) is 3.32. The summed E-state index contributed by atoms with van der Waals surface area (Å²) in [6.45, 7) is -0.975. The lowest BCUT2D eigenvalue weighted by molar-refractivity contribution is 0.688. The zero-order valence-electron chi connectivity index (χ0n) is 10.5. The zero-order chi connectivity index (χ0) is 11.4. The maximum atomic E-state index is 7.74. The number of rotatable bonds is 1. The molecular weight excluding hydrogens is 158 g/mol. The molecule has 0 radical (unpaired) electrons. The van der Waals surface area contributed by atoms with Crippen LogP contribution in [0.2, 0.25) is 0 Å². The third kappa shape index (κ3) is 0.932. The van der Waals surface area contributed by atoms with Gasteiger partial charge in [0.25, 0.3) is 0 Å². The minimum Gasteiger partial charge on any atom is -0.366 e. The van der Waals surface area contributed by atoms with Crippen molar-refractivity contribution >= 4 is 5.69 Å². The normalized spacial score (nSPS) is 40.5. The Balaban J connectivity index is 1.98. The van der Waals surface area contributed by atoms with E-state index in [1.165, 1.54) is 0 Å². The fourth-order valence-corrected chi connectivity index (χ4v) is 2.44. The van der Waals surface area contributed by atoms with Crippen molar-refractivity contribution in [2.75, 3.05) is 11.4 Å². The highest BCUT2D eigenvalue weighted by atomic mass is 15.3. The van der Waals surface area contributed by atoms with Crippen LogP contribution in [0.5, 0.6) is 0 Å². The van der Waals surface area contributed by atoms with Crippen LogP contribution in [0, 0.1) is 5.92 Å². The number of anilines is 1. The van der Waals surface area contributed by atoms with Gasteiger partial charge in [-0.2, -0.15) is 0 Å². The Labute approximate surface area is 83.6 Å². The summed E-state index contributed by atoms with van der Waals surface area (Å²) in [6.07, 6.45) is 1.85.